The second kappa shape index (κ2) is 6.50. The average Bonchev–Trinajstić information content (AvgIpc) is 3.26. The Morgan fingerprint density at radius 1 is 1.41 bits per heavy atom. The number of imidazole rings is 1. The van der Waals surface area contributed by atoms with Crippen LogP contribution in [0, 0.1) is 5.92 Å². The van der Waals surface area contributed by atoms with E-state index in [1.54, 1.807) is 11.1 Å². The molecule has 1 N–H and O–H groups in total. The van der Waals surface area contributed by atoms with Gasteiger partial charge < -0.3 is 14.8 Å². The van der Waals surface area contributed by atoms with Gasteiger partial charge in [0, 0.05) is 32.4 Å². The molecule has 2 fully saturated rings. The molecule has 0 spiro atoms. The van der Waals surface area contributed by atoms with Crippen molar-refractivity contribution in [2.24, 2.45) is 13.0 Å². The Balaban J connectivity index is 1.62. The molecule has 22 heavy (non-hydrogen) atoms. The molecule has 1 aliphatic carbocycles. The van der Waals surface area contributed by atoms with Crippen LogP contribution in [0.3, 0.4) is 0 Å². The lowest BCUT2D eigenvalue weighted by molar-refractivity contribution is -0.135. The summed E-state index contributed by atoms with van der Waals surface area (Å²) in [4.78, 5) is 30.4. The third-order valence-corrected chi connectivity index (χ3v) is 4.55. The predicted molar refractivity (Wildman–Crippen MR) is 81.9 cm³/mol. The summed E-state index contributed by atoms with van der Waals surface area (Å²) in [5.41, 5.74) is 0. The Labute approximate surface area is 130 Å². The Morgan fingerprint density at radius 2 is 2.23 bits per heavy atom. The highest BCUT2D eigenvalue weighted by Crippen LogP contribution is 2.40. The van der Waals surface area contributed by atoms with E-state index < -0.39 is 0 Å². The summed E-state index contributed by atoms with van der Waals surface area (Å²) in [6.45, 7) is 0.870. The molecule has 0 aromatic carbocycles. The Hall–Kier alpha value is -1.85. The van der Waals surface area contributed by atoms with Crippen LogP contribution in [-0.4, -0.2) is 39.4 Å². The van der Waals surface area contributed by atoms with Crippen LogP contribution in [-0.2, 0) is 16.6 Å². The number of carbonyl (C=O) groups is 2. The van der Waals surface area contributed by atoms with Crippen molar-refractivity contribution in [3.8, 4) is 0 Å². The van der Waals surface area contributed by atoms with Crippen molar-refractivity contribution in [2.75, 3.05) is 13.1 Å². The maximum absolute atomic E-state index is 12.4. The zero-order valence-electron chi connectivity index (χ0n) is 13.1. The van der Waals surface area contributed by atoms with Gasteiger partial charge in [-0.15, -0.1) is 0 Å². The molecule has 120 valence electrons. The smallest absolute Gasteiger partial charge is 0.240 e. The van der Waals surface area contributed by atoms with Gasteiger partial charge in [-0.05, 0) is 31.6 Å². The number of amides is 2. The van der Waals surface area contributed by atoms with Crippen LogP contribution in [0.1, 0.15) is 50.4 Å². The first-order valence-corrected chi connectivity index (χ1v) is 8.19. The van der Waals surface area contributed by atoms with Crippen LogP contribution >= 0.6 is 0 Å². The number of hydrogen-bond donors (Lipinski definition) is 1. The summed E-state index contributed by atoms with van der Waals surface area (Å²) in [5, 5.41) is 3.09. The summed E-state index contributed by atoms with van der Waals surface area (Å²) in [7, 11) is 1.95. The van der Waals surface area contributed by atoms with Crippen LogP contribution in [0.2, 0.25) is 0 Å². The molecule has 0 bridgehead atoms. The van der Waals surface area contributed by atoms with Crippen molar-refractivity contribution in [3.63, 3.8) is 0 Å². The highest BCUT2D eigenvalue weighted by atomic mass is 16.2. The van der Waals surface area contributed by atoms with Crippen LogP contribution in [0.25, 0.3) is 0 Å². The number of nitrogens with zero attached hydrogens (tertiary/aromatic N) is 3. The van der Waals surface area contributed by atoms with Crippen molar-refractivity contribution < 1.29 is 9.59 Å². The molecule has 2 heterocycles. The number of aromatic nitrogens is 2. The minimum Gasteiger partial charge on any atom is -0.344 e. The lowest BCUT2D eigenvalue weighted by Crippen LogP contribution is -2.42. The fourth-order valence-electron chi connectivity index (χ4n) is 3.10. The van der Waals surface area contributed by atoms with E-state index >= 15 is 0 Å². The number of hydrogen-bond acceptors (Lipinski definition) is 3. The molecule has 6 nitrogen and oxygen atoms in total. The first-order chi connectivity index (χ1) is 10.6. The van der Waals surface area contributed by atoms with E-state index in [1.807, 2.05) is 17.8 Å². The van der Waals surface area contributed by atoms with Gasteiger partial charge >= 0.3 is 0 Å². The topological polar surface area (TPSA) is 67.2 Å². The molecule has 1 aromatic heterocycles. The molecule has 1 atom stereocenters. The third kappa shape index (κ3) is 3.48. The van der Waals surface area contributed by atoms with Crippen molar-refractivity contribution in [1.82, 2.24) is 19.8 Å². The largest absolute Gasteiger partial charge is 0.344 e. The second-order valence-corrected chi connectivity index (χ2v) is 6.40. The zero-order chi connectivity index (χ0) is 15.5. The first-order valence-electron chi connectivity index (χ1n) is 8.19. The monoisotopic (exact) mass is 304 g/mol. The molecule has 6 heteroatoms. The fraction of sp³-hybridized carbons (Fsp3) is 0.688. The summed E-state index contributed by atoms with van der Waals surface area (Å²) >= 11 is 0. The van der Waals surface area contributed by atoms with E-state index in [-0.39, 0.29) is 24.4 Å². The minimum absolute atomic E-state index is 0.0328. The van der Waals surface area contributed by atoms with Gasteiger partial charge in [-0.1, -0.05) is 6.42 Å². The average molecular weight is 304 g/mol. The molecule has 1 aromatic rings. The second-order valence-electron chi connectivity index (χ2n) is 6.40. The Bertz CT molecular complexity index is 550. The fourth-order valence-corrected chi connectivity index (χ4v) is 3.10. The SMILES string of the molecule is Cn1ccnc1[C@@H](NC(=O)CN1CCCCCC1=O)C1CC1. The van der Waals surface area contributed by atoms with Gasteiger partial charge in [0.1, 0.15) is 5.82 Å². The summed E-state index contributed by atoms with van der Waals surface area (Å²) < 4.78 is 1.96. The summed E-state index contributed by atoms with van der Waals surface area (Å²) in [5.74, 6) is 1.41. The van der Waals surface area contributed by atoms with Gasteiger partial charge in [0.25, 0.3) is 0 Å². The van der Waals surface area contributed by atoms with Gasteiger partial charge in [-0.2, -0.15) is 0 Å². The molecule has 0 unspecified atom stereocenters. The zero-order valence-corrected chi connectivity index (χ0v) is 13.1. The lowest BCUT2D eigenvalue weighted by atomic mass is 10.1. The molecule has 2 amide bonds. The molecule has 1 aliphatic heterocycles. The maximum atomic E-state index is 12.4. The van der Waals surface area contributed by atoms with Crippen molar-refractivity contribution in [1.29, 1.82) is 0 Å². The first kappa shape index (κ1) is 15.1. The number of nitrogens with one attached hydrogen (secondary N) is 1. The van der Waals surface area contributed by atoms with Crippen LogP contribution < -0.4 is 5.32 Å². The Kier molecular flexibility index (Phi) is 4.45. The third-order valence-electron chi connectivity index (χ3n) is 4.55. The molecule has 2 aliphatic rings. The van der Waals surface area contributed by atoms with Gasteiger partial charge in [0.2, 0.25) is 11.8 Å². The van der Waals surface area contributed by atoms with Gasteiger partial charge in [0.05, 0.1) is 12.6 Å². The van der Waals surface area contributed by atoms with Crippen molar-refractivity contribution in [2.45, 2.75) is 44.6 Å². The summed E-state index contributed by atoms with van der Waals surface area (Å²) in [6, 6.07) is -0.0328. The predicted octanol–water partition coefficient (Wildman–Crippen LogP) is 1.39. The van der Waals surface area contributed by atoms with E-state index in [9.17, 15) is 9.59 Å². The van der Waals surface area contributed by atoms with E-state index in [0.29, 0.717) is 18.9 Å². The van der Waals surface area contributed by atoms with Crippen LogP contribution in [0.4, 0.5) is 0 Å². The molecular weight excluding hydrogens is 280 g/mol. The minimum atomic E-state index is -0.0739. The molecule has 0 radical (unpaired) electrons. The molecule has 3 rings (SSSR count). The molecule has 1 saturated carbocycles. The maximum Gasteiger partial charge on any atom is 0.240 e. The van der Waals surface area contributed by atoms with Crippen molar-refractivity contribution in [3.05, 3.63) is 18.2 Å². The lowest BCUT2D eigenvalue weighted by Gasteiger charge is -2.23. The van der Waals surface area contributed by atoms with Gasteiger partial charge in [-0.25, -0.2) is 4.98 Å². The quantitative estimate of drug-likeness (QED) is 0.894. The molecule has 1 saturated heterocycles. The highest BCUT2D eigenvalue weighted by molar-refractivity contribution is 5.85. The van der Waals surface area contributed by atoms with Crippen LogP contribution in [0.15, 0.2) is 12.4 Å². The van der Waals surface area contributed by atoms with E-state index in [2.05, 4.69) is 10.3 Å². The molecular formula is C16H24N4O2. The normalized spacial score (nSPS) is 20.6. The number of aryl methyl sites for hydroxylation is 1. The number of rotatable bonds is 5. The summed E-state index contributed by atoms with van der Waals surface area (Å²) in [6.07, 6.45) is 9.48. The van der Waals surface area contributed by atoms with E-state index in [4.69, 9.17) is 0 Å². The van der Waals surface area contributed by atoms with Crippen LogP contribution in [0.5, 0.6) is 0 Å². The number of carbonyl (C=O) groups excluding carboxylic acids is 2. The van der Waals surface area contributed by atoms with E-state index in [1.165, 1.54) is 0 Å². The highest BCUT2D eigenvalue weighted by Gasteiger charge is 2.36. The van der Waals surface area contributed by atoms with Gasteiger partial charge in [-0.3, -0.25) is 9.59 Å². The van der Waals surface area contributed by atoms with Gasteiger partial charge in [0.15, 0.2) is 0 Å². The standard InChI is InChI=1S/C16H24N4O2/c1-19-10-8-17-16(19)15(12-6-7-12)18-13(21)11-20-9-4-2-3-5-14(20)22/h8,10,12,15H,2-7,9,11H2,1H3,(H,18,21)/t15-/m0/s1. The number of likely N-dealkylation sites (tertiary alicyclic amines) is 1. The van der Waals surface area contributed by atoms with E-state index in [0.717, 1.165) is 37.9 Å². The van der Waals surface area contributed by atoms with Crippen molar-refractivity contribution >= 4 is 11.8 Å². The Morgan fingerprint density at radius 3 is 2.91 bits per heavy atom.